The number of alkyl halides is 3. The lowest BCUT2D eigenvalue weighted by Gasteiger charge is -2.39. The Morgan fingerprint density at radius 2 is 1.81 bits per heavy atom. The van der Waals surface area contributed by atoms with Gasteiger partial charge in [0.05, 0.1) is 54.5 Å². The van der Waals surface area contributed by atoms with E-state index in [9.17, 15) is 18.4 Å². The number of nitrogens with one attached hydrogen (secondary N) is 2. The van der Waals surface area contributed by atoms with E-state index in [1.54, 1.807) is 38.2 Å². The maximum Gasteiger partial charge on any atom is 0.406 e. The molecule has 1 saturated heterocycles. The highest BCUT2D eigenvalue weighted by atomic mass is 19.4. The quantitative estimate of drug-likeness (QED) is 0.332. The van der Waals surface area contributed by atoms with E-state index in [0.29, 0.717) is 41.2 Å². The number of halogens is 3. The van der Waals surface area contributed by atoms with Crippen molar-refractivity contribution in [2.75, 3.05) is 38.2 Å². The highest BCUT2D eigenvalue weighted by molar-refractivity contribution is 5.83. The second-order valence-electron chi connectivity index (χ2n) is 12.0. The first kappa shape index (κ1) is 30.9. The van der Waals surface area contributed by atoms with E-state index in [2.05, 4.69) is 38.4 Å². The molecule has 0 spiro atoms. The van der Waals surface area contributed by atoms with Gasteiger partial charge in [-0.15, -0.1) is 0 Å². The van der Waals surface area contributed by atoms with Crippen LogP contribution in [-0.2, 0) is 23.2 Å². The van der Waals surface area contributed by atoms with Crippen molar-refractivity contribution in [2.45, 2.75) is 76.3 Å². The van der Waals surface area contributed by atoms with Crippen molar-refractivity contribution in [2.24, 2.45) is 0 Å². The number of morpholine rings is 1. The maximum absolute atomic E-state index is 13.5. The Labute approximate surface area is 251 Å². The Kier molecular flexibility index (Phi) is 9.61. The van der Waals surface area contributed by atoms with Gasteiger partial charge in [0.1, 0.15) is 6.54 Å². The van der Waals surface area contributed by atoms with Crippen LogP contribution in [0, 0.1) is 23.2 Å². The van der Waals surface area contributed by atoms with Crippen LogP contribution < -0.4 is 10.6 Å². The van der Waals surface area contributed by atoms with E-state index >= 15 is 0 Å². The molecule has 43 heavy (non-hydrogen) atoms. The molecule has 2 aromatic heterocycles. The van der Waals surface area contributed by atoms with Gasteiger partial charge >= 0.3 is 6.18 Å². The number of rotatable bonds is 8. The van der Waals surface area contributed by atoms with Gasteiger partial charge in [-0.2, -0.15) is 18.4 Å². The molecule has 2 aliphatic rings. The summed E-state index contributed by atoms with van der Waals surface area (Å²) in [6.07, 6.45) is 1.86. The summed E-state index contributed by atoms with van der Waals surface area (Å²) in [6, 6.07) is 14.3. The van der Waals surface area contributed by atoms with Crippen LogP contribution >= 0.6 is 0 Å². The zero-order valence-electron chi connectivity index (χ0n) is 24.8. The smallest absolute Gasteiger partial charge is 0.379 e. The summed E-state index contributed by atoms with van der Waals surface area (Å²) >= 11 is 0. The molecular formula is C33H39F3N6O. The van der Waals surface area contributed by atoms with Gasteiger partial charge in [0.15, 0.2) is 0 Å². The molecule has 7 nitrogen and oxygen atoms in total. The molecule has 1 aliphatic heterocycles. The van der Waals surface area contributed by atoms with Crippen molar-refractivity contribution in [1.82, 2.24) is 19.8 Å². The summed E-state index contributed by atoms with van der Waals surface area (Å²) < 4.78 is 47.2. The fourth-order valence-corrected chi connectivity index (χ4v) is 5.94. The molecule has 1 saturated carbocycles. The van der Waals surface area contributed by atoms with E-state index in [1.807, 2.05) is 18.2 Å². The third-order valence-corrected chi connectivity index (χ3v) is 8.44. The molecule has 0 radical (unpaired) electrons. The highest BCUT2D eigenvalue weighted by Gasteiger charge is 2.30. The van der Waals surface area contributed by atoms with Crippen molar-refractivity contribution < 1.29 is 17.9 Å². The number of hydrogen-bond acceptors (Lipinski definition) is 6. The minimum absolute atomic E-state index is 0.235. The van der Waals surface area contributed by atoms with Crippen LogP contribution in [0.2, 0.25) is 0 Å². The molecule has 5 rings (SSSR count). The molecular weight excluding hydrogens is 553 g/mol. The molecule has 0 unspecified atom stereocenters. The number of pyridine rings is 1. The molecule has 228 valence electrons. The van der Waals surface area contributed by atoms with Crippen LogP contribution in [0.25, 0.3) is 10.9 Å². The molecule has 2 N–H and O–H groups in total. The molecule has 0 amide bonds. The predicted molar refractivity (Wildman–Crippen MR) is 162 cm³/mol. The van der Waals surface area contributed by atoms with Gasteiger partial charge in [0.25, 0.3) is 0 Å². The summed E-state index contributed by atoms with van der Waals surface area (Å²) in [6.45, 7) is 7.10. The molecule has 1 aromatic carbocycles. The van der Waals surface area contributed by atoms with Crippen LogP contribution in [0.4, 0.5) is 18.9 Å². The van der Waals surface area contributed by atoms with Crippen LogP contribution in [-0.4, -0.2) is 65.6 Å². The Morgan fingerprint density at radius 3 is 2.49 bits per heavy atom. The molecule has 1 aliphatic carbocycles. The number of nitrogens with zero attached hydrogens (tertiary/aromatic N) is 4. The van der Waals surface area contributed by atoms with Gasteiger partial charge in [-0.1, -0.05) is 12.0 Å². The van der Waals surface area contributed by atoms with E-state index in [0.717, 1.165) is 50.1 Å². The van der Waals surface area contributed by atoms with Crippen LogP contribution in [0.15, 0.2) is 42.6 Å². The number of fused-ring (bicyclic) bond motifs is 1. The summed E-state index contributed by atoms with van der Waals surface area (Å²) in [5.74, 6) is 5.89. The normalized spacial score (nSPS) is 19.9. The topological polar surface area (TPSA) is 78.1 Å². The van der Waals surface area contributed by atoms with E-state index in [4.69, 9.17) is 4.74 Å². The molecule has 3 aromatic rings. The van der Waals surface area contributed by atoms with Gasteiger partial charge in [0, 0.05) is 42.6 Å². The lowest BCUT2D eigenvalue weighted by molar-refractivity contribution is -0.140. The summed E-state index contributed by atoms with van der Waals surface area (Å²) in [5, 5.41) is 16.8. The van der Waals surface area contributed by atoms with E-state index < -0.39 is 18.1 Å². The highest BCUT2D eigenvalue weighted by Crippen LogP contribution is 2.28. The number of ether oxygens (including phenoxy) is 1. The largest absolute Gasteiger partial charge is 0.406 e. The minimum Gasteiger partial charge on any atom is -0.379 e. The number of nitriles is 1. The predicted octanol–water partition coefficient (Wildman–Crippen LogP) is 5.60. The van der Waals surface area contributed by atoms with Gasteiger partial charge in [-0.25, -0.2) is 0 Å². The number of anilines is 1. The average Bonchev–Trinajstić information content (AvgIpc) is 3.34. The minimum atomic E-state index is -4.37. The van der Waals surface area contributed by atoms with Crippen molar-refractivity contribution in [1.29, 1.82) is 5.26 Å². The zero-order valence-corrected chi connectivity index (χ0v) is 24.8. The van der Waals surface area contributed by atoms with Gasteiger partial charge < -0.3 is 19.9 Å². The summed E-state index contributed by atoms with van der Waals surface area (Å²) in [7, 11) is 0. The van der Waals surface area contributed by atoms with Crippen LogP contribution in [0.3, 0.4) is 0 Å². The fourth-order valence-electron chi connectivity index (χ4n) is 5.94. The summed E-state index contributed by atoms with van der Waals surface area (Å²) in [5.41, 5.74) is 2.57. The second kappa shape index (κ2) is 13.4. The monoisotopic (exact) mass is 592 g/mol. The van der Waals surface area contributed by atoms with Gasteiger partial charge in [0.2, 0.25) is 0 Å². The van der Waals surface area contributed by atoms with Crippen LogP contribution in [0.1, 0.15) is 56.5 Å². The first-order valence-corrected chi connectivity index (χ1v) is 15.0. The Morgan fingerprint density at radius 1 is 1.05 bits per heavy atom. The molecule has 2 fully saturated rings. The average molecular weight is 593 g/mol. The van der Waals surface area contributed by atoms with Crippen LogP contribution in [0.5, 0.6) is 0 Å². The Hall–Kier alpha value is -3.57. The first-order valence-electron chi connectivity index (χ1n) is 15.0. The van der Waals surface area contributed by atoms with Crippen molar-refractivity contribution in [3.8, 4) is 17.9 Å². The zero-order chi connectivity index (χ0) is 30.5. The number of aromatic nitrogens is 2. The van der Waals surface area contributed by atoms with Gasteiger partial charge in [-0.3, -0.25) is 9.88 Å². The molecule has 10 heteroatoms. The first-order chi connectivity index (χ1) is 20.6. The summed E-state index contributed by atoms with van der Waals surface area (Å²) in [4.78, 5) is 6.90. The van der Waals surface area contributed by atoms with Crippen molar-refractivity contribution in [3.05, 3.63) is 59.5 Å². The Bertz CT molecular complexity index is 1480. The van der Waals surface area contributed by atoms with Crippen molar-refractivity contribution in [3.63, 3.8) is 0 Å². The lowest BCUT2D eigenvalue weighted by Crippen LogP contribution is -2.47. The standard InChI is InChI=1S/C33H39F3N6O/c1-32(2,22-37)31-12-8-27(21-40-31)38-13-3-4-29-19-25-18-24(5-11-30(25)42(29)23-33(34,35)36)20-39-26-6-9-28(10-7-26)41-14-16-43-17-15-41/h5,8,11-12,18-19,21,26,28,38-39H,6-7,9-10,13-17,20,23H2,1-2H3. The molecule has 0 bridgehead atoms. The molecule has 0 atom stereocenters. The van der Waals surface area contributed by atoms with E-state index in [1.165, 1.54) is 17.4 Å². The number of benzene rings is 1. The maximum atomic E-state index is 13.5. The Balaban J connectivity index is 1.21. The lowest BCUT2D eigenvalue weighted by atomic mass is 9.90. The SMILES string of the molecule is CC(C)(C#N)c1ccc(NCC#Cc2cc3cc(CNC4CCC(N5CCOCC5)CC4)ccc3n2CC(F)(F)F)cn1. The van der Waals surface area contributed by atoms with E-state index in [-0.39, 0.29) is 6.54 Å². The third kappa shape index (κ3) is 8.08. The molecule has 3 heterocycles. The number of hydrogen-bond donors (Lipinski definition) is 2. The van der Waals surface area contributed by atoms with Crippen molar-refractivity contribution >= 4 is 16.6 Å². The second-order valence-corrected chi connectivity index (χ2v) is 12.0. The third-order valence-electron chi connectivity index (χ3n) is 8.44. The fraction of sp³-hybridized carbons (Fsp3) is 0.515. The van der Waals surface area contributed by atoms with Gasteiger partial charge in [-0.05, 0) is 81.3 Å².